The number of nitrogens with zero attached hydrogens (tertiary/aromatic N) is 2. The molecule has 150 valence electrons. The molecule has 1 aromatic carbocycles. The first kappa shape index (κ1) is 19.2. The molecule has 0 unspecified atom stereocenters. The van der Waals surface area contributed by atoms with Crippen molar-refractivity contribution in [1.82, 2.24) is 19.9 Å². The standard InChI is InChI=1S/C20H19ClN4O4/c21-14-5-1-3-12(7-14)8-15-10-22-18(29-15)13-4-2-6-25(11-13)19(27)16-9-17(26)24-20(28)23-16/h1,3,5,7,9-10,13H,2,4,6,8,11H2,(H2,23,24,26,28)/t13-/m0/s1. The molecule has 1 aliphatic rings. The van der Waals surface area contributed by atoms with Crippen molar-refractivity contribution in [2.45, 2.75) is 25.2 Å². The van der Waals surface area contributed by atoms with E-state index >= 15 is 0 Å². The molecule has 3 heterocycles. The second kappa shape index (κ2) is 8.08. The summed E-state index contributed by atoms with van der Waals surface area (Å²) in [5, 5.41) is 0.668. The summed E-state index contributed by atoms with van der Waals surface area (Å²) in [5.41, 5.74) is -0.302. The first-order chi connectivity index (χ1) is 14.0. The minimum Gasteiger partial charge on any atom is -0.445 e. The molecule has 8 nitrogen and oxygen atoms in total. The van der Waals surface area contributed by atoms with Crippen molar-refractivity contribution >= 4 is 17.5 Å². The lowest BCUT2D eigenvalue weighted by Crippen LogP contribution is -2.41. The van der Waals surface area contributed by atoms with Crippen LogP contribution in [0.5, 0.6) is 0 Å². The van der Waals surface area contributed by atoms with Crippen molar-refractivity contribution in [3.63, 3.8) is 0 Å². The fourth-order valence-corrected chi connectivity index (χ4v) is 3.77. The Morgan fingerprint density at radius 2 is 2.14 bits per heavy atom. The van der Waals surface area contributed by atoms with E-state index in [1.807, 2.05) is 24.3 Å². The van der Waals surface area contributed by atoms with E-state index in [2.05, 4.69) is 15.0 Å². The predicted molar refractivity (Wildman–Crippen MR) is 106 cm³/mol. The van der Waals surface area contributed by atoms with Crippen molar-refractivity contribution in [3.05, 3.63) is 85.3 Å². The molecular weight excluding hydrogens is 396 g/mol. The van der Waals surface area contributed by atoms with Gasteiger partial charge in [0.15, 0.2) is 5.89 Å². The van der Waals surface area contributed by atoms with Gasteiger partial charge in [0.25, 0.3) is 11.5 Å². The average molecular weight is 415 g/mol. The van der Waals surface area contributed by atoms with Gasteiger partial charge in [-0.3, -0.25) is 14.6 Å². The third-order valence-electron chi connectivity index (χ3n) is 4.89. The van der Waals surface area contributed by atoms with Crippen molar-refractivity contribution < 1.29 is 9.21 Å². The van der Waals surface area contributed by atoms with Gasteiger partial charge in [-0.25, -0.2) is 9.78 Å². The van der Waals surface area contributed by atoms with E-state index in [4.69, 9.17) is 16.0 Å². The molecule has 1 saturated heterocycles. The van der Waals surface area contributed by atoms with Gasteiger partial charge in [-0.05, 0) is 30.5 Å². The van der Waals surface area contributed by atoms with E-state index < -0.39 is 11.2 Å². The van der Waals surface area contributed by atoms with Gasteiger partial charge in [-0.2, -0.15) is 0 Å². The topological polar surface area (TPSA) is 112 Å². The third-order valence-corrected chi connectivity index (χ3v) is 5.12. The Bertz CT molecular complexity index is 1120. The van der Waals surface area contributed by atoms with Crippen LogP contribution < -0.4 is 11.2 Å². The molecular formula is C20H19ClN4O4. The number of carbonyl (C=O) groups excluding carboxylic acids is 1. The lowest BCUT2D eigenvalue weighted by atomic mass is 9.97. The first-order valence-electron chi connectivity index (χ1n) is 9.30. The summed E-state index contributed by atoms with van der Waals surface area (Å²) in [4.78, 5) is 46.1. The summed E-state index contributed by atoms with van der Waals surface area (Å²) >= 11 is 6.03. The molecule has 0 spiro atoms. The van der Waals surface area contributed by atoms with Crippen molar-refractivity contribution in [1.29, 1.82) is 0 Å². The van der Waals surface area contributed by atoms with Crippen LogP contribution in [0.25, 0.3) is 0 Å². The first-order valence-corrected chi connectivity index (χ1v) is 9.68. The number of piperidine rings is 1. The largest absolute Gasteiger partial charge is 0.445 e. The maximum Gasteiger partial charge on any atom is 0.326 e. The number of hydrogen-bond donors (Lipinski definition) is 2. The highest BCUT2D eigenvalue weighted by Gasteiger charge is 2.29. The summed E-state index contributed by atoms with van der Waals surface area (Å²) in [5.74, 6) is 0.877. The van der Waals surface area contributed by atoms with Crippen LogP contribution in [0, 0.1) is 0 Å². The maximum atomic E-state index is 12.7. The van der Waals surface area contributed by atoms with E-state index in [0.29, 0.717) is 30.4 Å². The lowest BCUT2D eigenvalue weighted by molar-refractivity contribution is 0.0691. The van der Waals surface area contributed by atoms with Crippen LogP contribution in [-0.4, -0.2) is 38.8 Å². The highest BCUT2D eigenvalue weighted by molar-refractivity contribution is 6.30. The Balaban J connectivity index is 1.47. The minimum absolute atomic E-state index is 0.0200. The number of nitrogens with one attached hydrogen (secondary N) is 2. The van der Waals surface area contributed by atoms with E-state index in [0.717, 1.165) is 30.2 Å². The molecule has 4 rings (SSSR count). The number of likely N-dealkylation sites (tertiary alicyclic amines) is 1. The van der Waals surface area contributed by atoms with E-state index in [-0.39, 0.29) is 17.5 Å². The van der Waals surface area contributed by atoms with Gasteiger partial charge >= 0.3 is 5.69 Å². The molecule has 1 aliphatic heterocycles. The van der Waals surface area contributed by atoms with Crippen LogP contribution in [0.1, 0.15) is 46.5 Å². The van der Waals surface area contributed by atoms with Crippen LogP contribution in [0.15, 0.2) is 50.5 Å². The minimum atomic E-state index is -0.701. The quantitative estimate of drug-likeness (QED) is 0.680. The summed E-state index contributed by atoms with van der Waals surface area (Å²) < 4.78 is 5.93. The molecule has 2 aromatic heterocycles. The molecule has 0 radical (unpaired) electrons. The van der Waals surface area contributed by atoms with Crippen LogP contribution in [0.2, 0.25) is 5.02 Å². The van der Waals surface area contributed by atoms with Crippen molar-refractivity contribution in [3.8, 4) is 0 Å². The number of halogens is 1. The smallest absolute Gasteiger partial charge is 0.326 e. The van der Waals surface area contributed by atoms with Crippen LogP contribution in [-0.2, 0) is 6.42 Å². The molecule has 1 fully saturated rings. The summed E-state index contributed by atoms with van der Waals surface area (Å²) in [6, 6.07) is 8.66. The molecule has 1 amide bonds. The molecule has 29 heavy (non-hydrogen) atoms. The monoisotopic (exact) mass is 414 g/mol. The van der Waals surface area contributed by atoms with Crippen molar-refractivity contribution in [2.75, 3.05) is 13.1 Å². The molecule has 9 heteroatoms. The molecule has 0 bridgehead atoms. The normalized spacial score (nSPS) is 16.7. The Morgan fingerprint density at radius 1 is 1.28 bits per heavy atom. The number of aromatic amines is 2. The van der Waals surface area contributed by atoms with Crippen LogP contribution in [0.4, 0.5) is 0 Å². The Hall–Kier alpha value is -3.13. The zero-order valence-corrected chi connectivity index (χ0v) is 16.2. The molecule has 1 atom stereocenters. The van der Waals surface area contributed by atoms with Gasteiger partial charge in [0.1, 0.15) is 11.5 Å². The molecule has 2 N–H and O–H groups in total. The number of amides is 1. The summed E-state index contributed by atoms with van der Waals surface area (Å²) in [6.45, 7) is 0.949. The third kappa shape index (κ3) is 4.48. The van der Waals surface area contributed by atoms with E-state index in [1.54, 1.807) is 11.1 Å². The number of hydrogen-bond acceptors (Lipinski definition) is 5. The second-order valence-electron chi connectivity index (χ2n) is 7.06. The molecule has 3 aromatic rings. The highest BCUT2D eigenvalue weighted by atomic mass is 35.5. The van der Waals surface area contributed by atoms with E-state index in [1.165, 1.54) is 0 Å². The summed E-state index contributed by atoms with van der Waals surface area (Å²) in [7, 11) is 0. The SMILES string of the molecule is O=C(c1cc(=O)[nH]c(=O)[nH]1)N1CCC[C@H](c2ncc(Cc3cccc(Cl)c3)o2)C1. The predicted octanol–water partition coefficient (Wildman–Crippen LogP) is 2.32. The number of oxazole rings is 1. The molecule has 0 aliphatic carbocycles. The Labute approximate surface area is 170 Å². The van der Waals surface area contributed by atoms with Gasteiger partial charge in [-0.15, -0.1) is 0 Å². The van der Waals surface area contributed by atoms with Crippen LogP contribution in [0.3, 0.4) is 0 Å². The number of H-pyrrole nitrogens is 2. The zero-order chi connectivity index (χ0) is 20.4. The zero-order valence-electron chi connectivity index (χ0n) is 15.5. The highest BCUT2D eigenvalue weighted by Crippen LogP contribution is 2.28. The van der Waals surface area contributed by atoms with Crippen molar-refractivity contribution in [2.24, 2.45) is 0 Å². The van der Waals surface area contributed by atoms with Gasteiger partial charge in [0.05, 0.1) is 12.1 Å². The number of benzene rings is 1. The van der Waals surface area contributed by atoms with Gasteiger partial charge in [-0.1, -0.05) is 23.7 Å². The number of aromatic nitrogens is 3. The fourth-order valence-electron chi connectivity index (χ4n) is 3.56. The lowest BCUT2D eigenvalue weighted by Gasteiger charge is -2.31. The number of rotatable bonds is 4. The van der Waals surface area contributed by atoms with E-state index in [9.17, 15) is 14.4 Å². The Kier molecular flexibility index (Phi) is 5.35. The second-order valence-corrected chi connectivity index (χ2v) is 7.50. The van der Waals surface area contributed by atoms with Gasteiger partial charge in [0, 0.05) is 30.6 Å². The van der Waals surface area contributed by atoms with Gasteiger partial charge < -0.3 is 14.3 Å². The maximum absolute atomic E-state index is 12.7. The Morgan fingerprint density at radius 3 is 2.93 bits per heavy atom. The fraction of sp³-hybridized carbons (Fsp3) is 0.300. The van der Waals surface area contributed by atoms with Gasteiger partial charge in [0.2, 0.25) is 0 Å². The molecule has 0 saturated carbocycles. The average Bonchev–Trinajstić information content (AvgIpc) is 3.15. The number of carbonyl (C=O) groups is 1. The van der Waals surface area contributed by atoms with Crippen LogP contribution >= 0.6 is 11.6 Å². The summed E-state index contributed by atoms with van der Waals surface area (Å²) in [6.07, 6.45) is 3.89.